The molecule has 0 unspecified atom stereocenters. The van der Waals surface area contributed by atoms with Gasteiger partial charge in [0.25, 0.3) is 0 Å². The van der Waals surface area contributed by atoms with Gasteiger partial charge in [-0.1, -0.05) is 18.2 Å². The highest BCUT2D eigenvalue weighted by Crippen LogP contribution is 2.22. The Morgan fingerprint density at radius 1 is 1.40 bits per heavy atom. The Bertz CT molecular complexity index is 537. The van der Waals surface area contributed by atoms with Crippen molar-refractivity contribution < 1.29 is 9.90 Å². The molecule has 76 valence electrons. The molecular weight excluding hydrogens is 190 g/mol. The van der Waals surface area contributed by atoms with Gasteiger partial charge in [-0.3, -0.25) is 4.79 Å². The van der Waals surface area contributed by atoms with Gasteiger partial charge in [0.15, 0.2) is 5.78 Å². The Balaban J connectivity index is 2.57. The average Bonchev–Trinajstić information content (AvgIpc) is 2.59. The van der Waals surface area contributed by atoms with Crippen LogP contribution in [0.15, 0.2) is 36.5 Å². The second-order valence-electron chi connectivity index (χ2n) is 3.39. The molecule has 1 aromatic heterocycles. The van der Waals surface area contributed by atoms with Gasteiger partial charge in [0.1, 0.15) is 5.76 Å². The van der Waals surface area contributed by atoms with Gasteiger partial charge in [0.05, 0.1) is 0 Å². The van der Waals surface area contributed by atoms with Crippen LogP contribution in [0.25, 0.3) is 16.7 Å². The van der Waals surface area contributed by atoms with Crippen LogP contribution < -0.4 is 0 Å². The number of aliphatic hydroxyl groups excluding tert-OH is 1. The van der Waals surface area contributed by atoms with Crippen molar-refractivity contribution in [3.05, 3.63) is 42.1 Å². The summed E-state index contributed by atoms with van der Waals surface area (Å²) in [6, 6.07) is 7.61. The summed E-state index contributed by atoms with van der Waals surface area (Å²) < 4.78 is 0. The fourth-order valence-electron chi connectivity index (χ4n) is 1.55. The molecule has 0 amide bonds. The number of nitrogens with one attached hydrogen (secondary N) is 1. The Labute approximate surface area is 87.0 Å². The maximum Gasteiger partial charge on any atom is 0.156 e. The summed E-state index contributed by atoms with van der Waals surface area (Å²) in [6.45, 7) is 1.41. The molecule has 15 heavy (non-hydrogen) atoms. The molecule has 3 heteroatoms. The molecule has 0 spiro atoms. The second-order valence-corrected chi connectivity index (χ2v) is 3.39. The first kappa shape index (κ1) is 9.52. The van der Waals surface area contributed by atoms with Crippen molar-refractivity contribution in [1.29, 1.82) is 0 Å². The van der Waals surface area contributed by atoms with Crippen molar-refractivity contribution in [2.45, 2.75) is 6.92 Å². The first-order valence-electron chi connectivity index (χ1n) is 4.66. The summed E-state index contributed by atoms with van der Waals surface area (Å²) in [7, 11) is 0. The lowest BCUT2D eigenvalue weighted by Gasteiger charge is -1.96. The van der Waals surface area contributed by atoms with Crippen molar-refractivity contribution in [2.24, 2.45) is 0 Å². The van der Waals surface area contributed by atoms with Gasteiger partial charge in [-0.15, -0.1) is 0 Å². The summed E-state index contributed by atoms with van der Waals surface area (Å²) >= 11 is 0. The van der Waals surface area contributed by atoms with Crippen molar-refractivity contribution >= 4 is 22.4 Å². The molecule has 0 bridgehead atoms. The van der Waals surface area contributed by atoms with Crippen LogP contribution in [0.4, 0.5) is 0 Å². The van der Waals surface area contributed by atoms with Crippen LogP contribution in [-0.2, 0) is 4.79 Å². The Kier molecular flexibility index (Phi) is 2.29. The number of rotatable bonds is 2. The lowest BCUT2D eigenvalue weighted by molar-refractivity contribution is -0.112. The van der Waals surface area contributed by atoms with Gasteiger partial charge in [-0.05, 0) is 13.0 Å². The SMILES string of the molecule is CC(=O)/C=C(\O)c1c[nH]c2ccccc12. The van der Waals surface area contributed by atoms with Crippen molar-refractivity contribution in [2.75, 3.05) is 0 Å². The highest BCUT2D eigenvalue weighted by molar-refractivity contribution is 5.98. The third kappa shape index (κ3) is 1.76. The van der Waals surface area contributed by atoms with E-state index >= 15 is 0 Å². The van der Waals surface area contributed by atoms with Crippen LogP contribution >= 0.6 is 0 Å². The van der Waals surface area contributed by atoms with E-state index in [1.54, 1.807) is 6.20 Å². The standard InChI is InChI=1S/C12H11NO2/c1-8(14)6-12(15)10-7-13-11-5-3-2-4-9(10)11/h2-7,13,15H,1H3/b12-6-. The number of fused-ring (bicyclic) bond motifs is 1. The van der Waals surface area contributed by atoms with E-state index in [4.69, 9.17) is 0 Å². The largest absolute Gasteiger partial charge is 0.507 e. The first-order chi connectivity index (χ1) is 7.18. The summed E-state index contributed by atoms with van der Waals surface area (Å²) in [5.74, 6) is -0.169. The fourth-order valence-corrected chi connectivity index (χ4v) is 1.55. The number of aliphatic hydroxyl groups is 1. The Morgan fingerprint density at radius 3 is 2.87 bits per heavy atom. The van der Waals surface area contributed by atoms with Gasteiger partial charge < -0.3 is 10.1 Å². The number of para-hydroxylation sites is 1. The molecule has 0 saturated carbocycles. The molecule has 2 aromatic rings. The van der Waals surface area contributed by atoms with Gasteiger partial charge >= 0.3 is 0 Å². The first-order valence-corrected chi connectivity index (χ1v) is 4.66. The molecule has 1 heterocycles. The van der Waals surface area contributed by atoms with Crippen LogP contribution in [0.2, 0.25) is 0 Å². The van der Waals surface area contributed by atoms with E-state index in [9.17, 15) is 9.90 Å². The maximum atomic E-state index is 10.8. The monoisotopic (exact) mass is 201 g/mol. The van der Waals surface area contributed by atoms with Crippen LogP contribution in [0.3, 0.4) is 0 Å². The van der Waals surface area contributed by atoms with Gasteiger partial charge in [-0.2, -0.15) is 0 Å². The number of allylic oxidation sites excluding steroid dienone is 1. The van der Waals surface area contributed by atoms with Crippen LogP contribution in [0.1, 0.15) is 12.5 Å². The molecule has 0 aliphatic heterocycles. The molecule has 3 nitrogen and oxygen atoms in total. The number of carbonyl (C=O) groups is 1. The van der Waals surface area contributed by atoms with E-state index in [0.717, 1.165) is 10.9 Å². The smallest absolute Gasteiger partial charge is 0.156 e. The lowest BCUT2D eigenvalue weighted by Crippen LogP contribution is -1.87. The van der Waals surface area contributed by atoms with Crippen molar-refractivity contribution in [1.82, 2.24) is 4.98 Å². The average molecular weight is 201 g/mol. The lowest BCUT2D eigenvalue weighted by atomic mass is 10.1. The number of benzene rings is 1. The third-order valence-electron chi connectivity index (χ3n) is 2.21. The van der Waals surface area contributed by atoms with E-state index in [1.807, 2.05) is 24.3 Å². The van der Waals surface area contributed by atoms with Gasteiger partial charge in [0.2, 0.25) is 0 Å². The summed E-state index contributed by atoms with van der Waals surface area (Å²) in [6.07, 6.45) is 2.91. The van der Waals surface area contributed by atoms with E-state index in [-0.39, 0.29) is 11.5 Å². The summed E-state index contributed by atoms with van der Waals surface area (Å²) in [5, 5.41) is 10.6. The van der Waals surface area contributed by atoms with E-state index in [2.05, 4.69) is 4.98 Å². The molecule has 0 aliphatic carbocycles. The number of aromatic amines is 1. The van der Waals surface area contributed by atoms with E-state index in [0.29, 0.717) is 5.56 Å². The molecule has 0 aliphatic rings. The van der Waals surface area contributed by atoms with E-state index in [1.165, 1.54) is 13.0 Å². The molecular formula is C12H11NO2. The number of H-pyrrole nitrogens is 1. The zero-order valence-electron chi connectivity index (χ0n) is 8.32. The predicted octanol–water partition coefficient (Wildman–Crippen LogP) is 2.66. The predicted molar refractivity (Wildman–Crippen MR) is 59.6 cm³/mol. The third-order valence-corrected chi connectivity index (χ3v) is 2.21. The van der Waals surface area contributed by atoms with Crippen LogP contribution in [-0.4, -0.2) is 15.9 Å². The minimum absolute atomic E-state index is 0.0000463. The van der Waals surface area contributed by atoms with E-state index < -0.39 is 0 Å². The van der Waals surface area contributed by atoms with Crippen molar-refractivity contribution in [3.8, 4) is 0 Å². The molecule has 0 saturated heterocycles. The van der Waals surface area contributed by atoms with Crippen LogP contribution in [0, 0.1) is 0 Å². The zero-order chi connectivity index (χ0) is 10.8. The minimum Gasteiger partial charge on any atom is -0.507 e. The summed E-state index contributed by atoms with van der Waals surface area (Å²) in [5.41, 5.74) is 1.59. The highest BCUT2D eigenvalue weighted by atomic mass is 16.3. The normalized spacial score (nSPS) is 11.9. The number of carbonyl (C=O) groups excluding carboxylic acids is 1. The molecule has 1 aromatic carbocycles. The quantitative estimate of drug-likeness (QED) is 0.579. The fraction of sp³-hybridized carbons (Fsp3) is 0.0833. The molecule has 0 radical (unpaired) electrons. The topological polar surface area (TPSA) is 53.1 Å². The van der Waals surface area contributed by atoms with Gasteiger partial charge in [0, 0.05) is 28.7 Å². The molecule has 2 N–H and O–H groups in total. The Morgan fingerprint density at radius 2 is 2.13 bits per heavy atom. The number of hydrogen-bond donors (Lipinski definition) is 2. The maximum absolute atomic E-state index is 10.8. The number of hydrogen-bond acceptors (Lipinski definition) is 2. The number of aromatic nitrogens is 1. The zero-order valence-corrected chi connectivity index (χ0v) is 8.32. The van der Waals surface area contributed by atoms with Gasteiger partial charge in [-0.25, -0.2) is 0 Å². The Hall–Kier alpha value is -2.03. The second kappa shape index (κ2) is 3.61. The van der Waals surface area contributed by atoms with Crippen molar-refractivity contribution in [3.63, 3.8) is 0 Å². The molecule has 2 rings (SSSR count). The minimum atomic E-state index is -0.169. The summed E-state index contributed by atoms with van der Waals surface area (Å²) in [4.78, 5) is 13.9. The highest BCUT2D eigenvalue weighted by Gasteiger charge is 2.06. The molecule has 0 fully saturated rings. The number of ketones is 1. The molecule has 0 atom stereocenters. The van der Waals surface area contributed by atoms with Crippen LogP contribution in [0.5, 0.6) is 0 Å².